The highest BCUT2D eigenvalue weighted by Gasteiger charge is 2.28. The fourth-order valence-electron chi connectivity index (χ4n) is 2.72. The molecule has 0 fully saturated rings. The lowest BCUT2D eigenvalue weighted by Gasteiger charge is -2.32. The van der Waals surface area contributed by atoms with E-state index in [1.54, 1.807) is 6.33 Å². The molecular formula is C16H28BrFN2. The molecule has 0 radical (unpaired) electrons. The maximum absolute atomic E-state index is 13.5. The van der Waals surface area contributed by atoms with Crippen LogP contribution in [0.2, 0.25) is 0 Å². The van der Waals surface area contributed by atoms with Gasteiger partial charge >= 0.3 is 0 Å². The highest BCUT2D eigenvalue weighted by atomic mass is 79.9. The highest BCUT2D eigenvalue weighted by Crippen LogP contribution is 2.33. The maximum Gasteiger partial charge on any atom is 0.245 e. The molecular weight excluding hydrogens is 319 g/mol. The smallest absolute Gasteiger partial charge is 0.245 e. The molecule has 0 aliphatic heterocycles. The fraction of sp³-hybridized carbons (Fsp3) is 0.812. The van der Waals surface area contributed by atoms with Crippen LogP contribution in [-0.4, -0.2) is 9.55 Å². The van der Waals surface area contributed by atoms with Gasteiger partial charge in [0.1, 0.15) is 4.60 Å². The number of rotatable bonds is 10. The predicted octanol–water partition coefficient (Wildman–Crippen LogP) is 6.05. The Bertz CT molecular complexity index is 392. The third-order valence-electron chi connectivity index (χ3n) is 4.14. The number of aromatic nitrogens is 2. The summed E-state index contributed by atoms with van der Waals surface area (Å²) in [6.07, 6.45) is 12.5. The van der Waals surface area contributed by atoms with E-state index in [1.165, 1.54) is 38.5 Å². The van der Waals surface area contributed by atoms with Crippen molar-refractivity contribution in [3.8, 4) is 0 Å². The Kier molecular flexibility index (Phi) is 7.78. The van der Waals surface area contributed by atoms with Crippen LogP contribution in [0.5, 0.6) is 0 Å². The molecule has 1 rings (SSSR count). The zero-order valence-electron chi connectivity index (χ0n) is 13.1. The van der Waals surface area contributed by atoms with E-state index in [0.29, 0.717) is 4.60 Å². The lowest BCUT2D eigenvalue weighted by atomic mass is 9.88. The summed E-state index contributed by atoms with van der Waals surface area (Å²) in [7, 11) is 0. The predicted molar refractivity (Wildman–Crippen MR) is 86.4 cm³/mol. The Hall–Kier alpha value is -0.380. The van der Waals surface area contributed by atoms with Crippen LogP contribution in [0, 0.1) is 5.95 Å². The van der Waals surface area contributed by atoms with Gasteiger partial charge in [0.15, 0.2) is 0 Å². The number of nitrogens with zero attached hydrogens (tertiary/aromatic N) is 2. The number of unbranched alkanes of at least 4 members (excludes halogenated alkanes) is 5. The molecule has 0 spiro atoms. The Morgan fingerprint density at radius 1 is 1.10 bits per heavy atom. The lowest BCUT2D eigenvalue weighted by Crippen LogP contribution is -2.30. The van der Waals surface area contributed by atoms with Gasteiger partial charge in [-0.05, 0) is 35.7 Å². The SMILES string of the molecule is CCCCCCCC(C)(CCCC)n1cnc(F)c1Br. The maximum atomic E-state index is 13.5. The van der Waals surface area contributed by atoms with Crippen LogP contribution in [0.15, 0.2) is 10.9 Å². The summed E-state index contributed by atoms with van der Waals surface area (Å²) < 4.78 is 16.0. The van der Waals surface area contributed by atoms with Crippen LogP contribution >= 0.6 is 15.9 Å². The van der Waals surface area contributed by atoms with Crippen LogP contribution < -0.4 is 0 Å². The molecule has 1 aromatic heterocycles. The van der Waals surface area contributed by atoms with Crippen LogP contribution in [0.25, 0.3) is 0 Å². The van der Waals surface area contributed by atoms with Crippen LogP contribution in [0.3, 0.4) is 0 Å². The molecule has 116 valence electrons. The molecule has 0 saturated carbocycles. The second-order valence-corrected chi connectivity index (χ2v) is 6.71. The molecule has 0 amide bonds. The molecule has 1 atom stereocenters. The van der Waals surface area contributed by atoms with E-state index in [1.807, 2.05) is 4.57 Å². The fourth-order valence-corrected chi connectivity index (χ4v) is 3.34. The van der Waals surface area contributed by atoms with E-state index < -0.39 is 5.95 Å². The minimum Gasteiger partial charge on any atom is -0.317 e. The zero-order chi connectivity index (χ0) is 15.0. The first-order chi connectivity index (χ1) is 9.55. The Labute approximate surface area is 131 Å². The standard InChI is InChI=1S/C16H28BrFN2/c1-4-6-8-9-10-12-16(3,11-7-5-2)20-13-19-15(18)14(20)17/h13H,4-12H2,1-3H3. The van der Waals surface area contributed by atoms with Crippen molar-refractivity contribution in [3.05, 3.63) is 16.9 Å². The largest absolute Gasteiger partial charge is 0.317 e. The summed E-state index contributed by atoms with van der Waals surface area (Å²) in [5, 5.41) is 0. The number of imidazole rings is 1. The second kappa shape index (κ2) is 8.81. The molecule has 1 aromatic rings. The van der Waals surface area contributed by atoms with Crippen molar-refractivity contribution in [3.63, 3.8) is 0 Å². The van der Waals surface area contributed by atoms with Gasteiger partial charge in [-0.3, -0.25) is 0 Å². The van der Waals surface area contributed by atoms with E-state index in [9.17, 15) is 4.39 Å². The average Bonchev–Trinajstić information content (AvgIpc) is 2.77. The number of hydrogen-bond acceptors (Lipinski definition) is 1. The van der Waals surface area contributed by atoms with E-state index in [4.69, 9.17) is 0 Å². The van der Waals surface area contributed by atoms with E-state index in [0.717, 1.165) is 19.3 Å². The van der Waals surface area contributed by atoms with E-state index >= 15 is 0 Å². The normalized spacial score (nSPS) is 14.4. The molecule has 0 aliphatic rings. The van der Waals surface area contributed by atoms with Crippen LogP contribution in [-0.2, 0) is 5.54 Å². The molecule has 0 N–H and O–H groups in total. The van der Waals surface area contributed by atoms with Crippen molar-refractivity contribution < 1.29 is 4.39 Å². The summed E-state index contributed by atoms with van der Waals surface area (Å²) >= 11 is 3.34. The number of halogens is 2. The molecule has 1 heterocycles. The minimum absolute atomic E-state index is 0.0294. The Morgan fingerprint density at radius 3 is 2.25 bits per heavy atom. The van der Waals surface area contributed by atoms with Crippen molar-refractivity contribution in [2.24, 2.45) is 0 Å². The molecule has 2 nitrogen and oxygen atoms in total. The van der Waals surface area contributed by atoms with Crippen molar-refractivity contribution in [2.75, 3.05) is 0 Å². The van der Waals surface area contributed by atoms with Gasteiger partial charge in [0, 0.05) is 5.54 Å². The van der Waals surface area contributed by atoms with Gasteiger partial charge in [-0.2, -0.15) is 4.39 Å². The van der Waals surface area contributed by atoms with Crippen molar-refractivity contribution in [1.29, 1.82) is 0 Å². The summed E-state index contributed by atoms with van der Waals surface area (Å²) in [6, 6.07) is 0. The van der Waals surface area contributed by atoms with Crippen molar-refractivity contribution >= 4 is 15.9 Å². The summed E-state index contributed by atoms with van der Waals surface area (Å²) in [5.41, 5.74) is -0.0294. The first-order valence-electron chi connectivity index (χ1n) is 7.94. The van der Waals surface area contributed by atoms with Crippen LogP contribution in [0.4, 0.5) is 4.39 Å². The molecule has 1 unspecified atom stereocenters. The minimum atomic E-state index is -0.404. The first-order valence-corrected chi connectivity index (χ1v) is 8.73. The van der Waals surface area contributed by atoms with Crippen LogP contribution in [0.1, 0.15) is 78.6 Å². The Balaban J connectivity index is 2.68. The molecule has 0 saturated heterocycles. The quantitative estimate of drug-likeness (QED) is 0.471. The second-order valence-electron chi connectivity index (χ2n) is 5.96. The monoisotopic (exact) mass is 346 g/mol. The highest BCUT2D eigenvalue weighted by molar-refractivity contribution is 9.10. The van der Waals surface area contributed by atoms with Gasteiger partial charge in [0.05, 0.1) is 6.33 Å². The molecule has 20 heavy (non-hydrogen) atoms. The van der Waals surface area contributed by atoms with Gasteiger partial charge in [-0.25, -0.2) is 4.98 Å². The zero-order valence-corrected chi connectivity index (χ0v) is 14.7. The molecule has 0 aromatic carbocycles. The topological polar surface area (TPSA) is 17.8 Å². The van der Waals surface area contributed by atoms with Crippen molar-refractivity contribution in [1.82, 2.24) is 9.55 Å². The summed E-state index contributed by atoms with van der Waals surface area (Å²) in [5.74, 6) is -0.404. The third-order valence-corrected chi connectivity index (χ3v) is 4.85. The summed E-state index contributed by atoms with van der Waals surface area (Å²) in [4.78, 5) is 3.80. The van der Waals surface area contributed by atoms with Gasteiger partial charge < -0.3 is 4.57 Å². The third kappa shape index (κ3) is 4.87. The molecule has 0 bridgehead atoms. The first kappa shape index (κ1) is 17.7. The Morgan fingerprint density at radius 2 is 1.70 bits per heavy atom. The molecule has 0 aliphatic carbocycles. The van der Waals surface area contributed by atoms with E-state index in [2.05, 4.69) is 41.7 Å². The van der Waals surface area contributed by atoms with Gasteiger partial charge in [-0.15, -0.1) is 0 Å². The number of hydrogen-bond donors (Lipinski definition) is 0. The average molecular weight is 347 g/mol. The van der Waals surface area contributed by atoms with E-state index in [-0.39, 0.29) is 5.54 Å². The molecule has 4 heteroatoms. The lowest BCUT2D eigenvalue weighted by molar-refractivity contribution is 0.247. The summed E-state index contributed by atoms with van der Waals surface area (Å²) in [6.45, 7) is 6.66. The van der Waals surface area contributed by atoms with Gasteiger partial charge in [0.25, 0.3) is 0 Å². The van der Waals surface area contributed by atoms with Gasteiger partial charge in [0.2, 0.25) is 5.95 Å². The van der Waals surface area contributed by atoms with Crippen molar-refractivity contribution in [2.45, 2.75) is 84.1 Å². The van der Waals surface area contributed by atoms with Gasteiger partial charge in [-0.1, -0.05) is 58.8 Å².